The molecule has 0 spiro atoms. The lowest BCUT2D eigenvalue weighted by Crippen LogP contribution is -2.38. The number of hydrogen-bond donors (Lipinski definition) is 2. The van der Waals surface area contributed by atoms with E-state index in [1.165, 1.54) is 31.2 Å². The second-order valence-electron chi connectivity index (χ2n) is 5.99. The summed E-state index contributed by atoms with van der Waals surface area (Å²) in [4.78, 5) is 23.9. The number of benzene rings is 2. The molecular weight excluding hydrogens is 345 g/mol. The van der Waals surface area contributed by atoms with Crippen LogP contribution in [0, 0.1) is 5.82 Å². The van der Waals surface area contributed by atoms with Crippen molar-refractivity contribution in [2.45, 2.75) is 25.4 Å². The van der Waals surface area contributed by atoms with E-state index < -0.39 is 11.4 Å². The highest BCUT2D eigenvalue weighted by Crippen LogP contribution is 2.20. The Balaban J connectivity index is 1.82. The fraction of sp³-hybridized carbons (Fsp3) is 0.263. The van der Waals surface area contributed by atoms with Gasteiger partial charge in [-0.2, -0.15) is 0 Å². The van der Waals surface area contributed by atoms with E-state index in [2.05, 4.69) is 5.32 Å². The summed E-state index contributed by atoms with van der Waals surface area (Å²) < 4.78 is 12.9. The van der Waals surface area contributed by atoms with Gasteiger partial charge in [-0.1, -0.05) is 23.7 Å². The van der Waals surface area contributed by atoms with Crippen LogP contribution in [0.1, 0.15) is 35.7 Å². The molecule has 0 aliphatic carbocycles. The maximum Gasteiger partial charge on any atom is 0.220 e. The molecule has 0 saturated heterocycles. The predicted octanol–water partition coefficient (Wildman–Crippen LogP) is 3.47. The quantitative estimate of drug-likeness (QED) is 0.740. The molecule has 0 aliphatic heterocycles. The highest BCUT2D eigenvalue weighted by atomic mass is 35.5. The fourth-order valence-electron chi connectivity index (χ4n) is 2.28. The van der Waals surface area contributed by atoms with E-state index in [0.717, 1.165) is 0 Å². The fourth-order valence-corrected chi connectivity index (χ4v) is 2.40. The van der Waals surface area contributed by atoms with Crippen molar-refractivity contribution in [3.63, 3.8) is 0 Å². The number of carbonyl (C=O) groups excluding carboxylic acids is 2. The van der Waals surface area contributed by atoms with Crippen LogP contribution >= 0.6 is 11.6 Å². The number of carbonyl (C=O) groups is 2. The van der Waals surface area contributed by atoms with Crippen molar-refractivity contribution in [2.24, 2.45) is 0 Å². The average molecular weight is 364 g/mol. The standard InChI is InChI=1S/C19H19ClFNO3/c1-19(25,14-4-8-16(21)9-5-14)12-22-18(24)11-10-17(23)13-2-6-15(20)7-3-13/h2-9,25H,10-12H2,1H3,(H,22,24). The summed E-state index contributed by atoms with van der Waals surface area (Å²) in [5, 5.41) is 13.5. The van der Waals surface area contributed by atoms with Gasteiger partial charge in [0, 0.05) is 23.4 Å². The molecule has 0 bridgehead atoms. The molecular formula is C19H19ClFNO3. The first-order valence-electron chi connectivity index (χ1n) is 7.82. The molecule has 0 saturated carbocycles. The van der Waals surface area contributed by atoms with Crippen molar-refractivity contribution in [3.8, 4) is 0 Å². The smallest absolute Gasteiger partial charge is 0.220 e. The van der Waals surface area contributed by atoms with Gasteiger partial charge < -0.3 is 10.4 Å². The molecule has 0 heterocycles. The van der Waals surface area contributed by atoms with Gasteiger partial charge >= 0.3 is 0 Å². The molecule has 4 nitrogen and oxygen atoms in total. The van der Waals surface area contributed by atoms with Crippen LogP contribution in [0.3, 0.4) is 0 Å². The summed E-state index contributed by atoms with van der Waals surface area (Å²) in [7, 11) is 0. The van der Waals surface area contributed by atoms with Crippen LogP contribution in [0.25, 0.3) is 0 Å². The van der Waals surface area contributed by atoms with E-state index in [-0.39, 0.29) is 31.1 Å². The lowest BCUT2D eigenvalue weighted by molar-refractivity contribution is -0.122. The van der Waals surface area contributed by atoms with Crippen LogP contribution in [0.4, 0.5) is 4.39 Å². The third-order valence-corrected chi connectivity index (χ3v) is 4.09. The second-order valence-corrected chi connectivity index (χ2v) is 6.42. The number of halogens is 2. The normalized spacial score (nSPS) is 13.1. The summed E-state index contributed by atoms with van der Waals surface area (Å²) in [5.74, 6) is -0.897. The van der Waals surface area contributed by atoms with Crippen LogP contribution < -0.4 is 5.32 Å². The van der Waals surface area contributed by atoms with E-state index in [9.17, 15) is 19.1 Å². The highest BCUT2D eigenvalue weighted by Gasteiger charge is 2.24. The monoisotopic (exact) mass is 363 g/mol. The number of aliphatic hydroxyl groups is 1. The third-order valence-electron chi connectivity index (χ3n) is 3.84. The molecule has 2 N–H and O–H groups in total. The minimum atomic E-state index is -1.33. The van der Waals surface area contributed by atoms with Crippen molar-refractivity contribution in [1.29, 1.82) is 0 Å². The minimum Gasteiger partial charge on any atom is -0.384 e. The van der Waals surface area contributed by atoms with E-state index in [0.29, 0.717) is 16.1 Å². The first-order valence-corrected chi connectivity index (χ1v) is 8.19. The zero-order valence-corrected chi connectivity index (χ0v) is 14.5. The summed E-state index contributed by atoms with van der Waals surface area (Å²) >= 11 is 5.77. The molecule has 2 aromatic rings. The van der Waals surface area contributed by atoms with Gasteiger partial charge in [-0.05, 0) is 48.9 Å². The number of ketones is 1. The molecule has 1 amide bonds. The SMILES string of the molecule is CC(O)(CNC(=O)CCC(=O)c1ccc(Cl)cc1)c1ccc(F)cc1. The number of amides is 1. The van der Waals surface area contributed by atoms with Gasteiger partial charge in [0.1, 0.15) is 11.4 Å². The summed E-state index contributed by atoms with van der Waals surface area (Å²) in [6, 6.07) is 11.9. The van der Waals surface area contributed by atoms with Crippen LogP contribution in [0.5, 0.6) is 0 Å². The van der Waals surface area contributed by atoms with Crippen molar-refractivity contribution in [1.82, 2.24) is 5.32 Å². The van der Waals surface area contributed by atoms with Gasteiger partial charge in [0.15, 0.2) is 5.78 Å². The Labute approximate surface area is 150 Å². The molecule has 0 radical (unpaired) electrons. The van der Waals surface area contributed by atoms with Crippen molar-refractivity contribution >= 4 is 23.3 Å². The Bertz CT molecular complexity index is 742. The second kappa shape index (κ2) is 8.23. The first kappa shape index (κ1) is 19.1. The largest absolute Gasteiger partial charge is 0.384 e. The zero-order valence-electron chi connectivity index (χ0n) is 13.8. The molecule has 2 aromatic carbocycles. The topological polar surface area (TPSA) is 66.4 Å². The summed E-state index contributed by atoms with van der Waals surface area (Å²) in [5.41, 5.74) is -0.342. The van der Waals surface area contributed by atoms with Crippen LogP contribution in [-0.4, -0.2) is 23.3 Å². The Kier molecular flexibility index (Phi) is 6.28. The molecule has 6 heteroatoms. The molecule has 0 aliphatic rings. The Morgan fingerprint density at radius 2 is 1.68 bits per heavy atom. The van der Waals surface area contributed by atoms with Crippen LogP contribution in [-0.2, 0) is 10.4 Å². The van der Waals surface area contributed by atoms with Crippen molar-refractivity contribution in [3.05, 3.63) is 70.5 Å². The molecule has 0 aromatic heterocycles. The Hall–Kier alpha value is -2.24. The Morgan fingerprint density at radius 3 is 2.28 bits per heavy atom. The number of hydrogen-bond acceptors (Lipinski definition) is 3. The molecule has 132 valence electrons. The minimum absolute atomic E-state index is 0.0148. The van der Waals surface area contributed by atoms with Crippen molar-refractivity contribution < 1.29 is 19.1 Å². The van der Waals surface area contributed by atoms with Crippen LogP contribution in [0.15, 0.2) is 48.5 Å². The van der Waals surface area contributed by atoms with Gasteiger partial charge in [-0.15, -0.1) is 0 Å². The number of rotatable bonds is 7. The molecule has 2 rings (SSSR count). The van der Waals surface area contributed by atoms with E-state index in [4.69, 9.17) is 11.6 Å². The van der Waals surface area contributed by atoms with E-state index in [1.807, 2.05) is 0 Å². The van der Waals surface area contributed by atoms with Gasteiger partial charge in [0.05, 0.1) is 6.54 Å². The van der Waals surface area contributed by atoms with Crippen molar-refractivity contribution in [2.75, 3.05) is 6.54 Å². The maximum absolute atomic E-state index is 12.9. The van der Waals surface area contributed by atoms with Gasteiger partial charge in [-0.25, -0.2) is 4.39 Å². The molecule has 25 heavy (non-hydrogen) atoms. The predicted molar refractivity (Wildman–Crippen MR) is 94.0 cm³/mol. The summed E-state index contributed by atoms with van der Waals surface area (Å²) in [6.07, 6.45) is 0.0765. The lowest BCUT2D eigenvalue weighted by atomic mass is 9.96. The number of nitrogens with one attached hydrogen (secondary N) is 1. The maximum atomic E-state index is 12.9. The zero-order chi connectivity index (χ0) is 18.4. The highest BCUT2D eigenvalue weighted by molar-refractivity contribution is 6.30. The van der Waals surface area contributed by atoms with Gasteiger partial charge in [0.2, 0.25) is 5.91 Å². The van der Waals surface area contributed by atoms with E-state index >= 15 is 0 Å². The molecule has 1 atom stereocenters. The third kappa shape index (κ3) is 5.66. The van der Waals surface area contributed by atoms with Gasteiger partial charge in [-0.3, -0.25) is 9.59 Å². The summed E-state index contributed by atoms with van der Waals surface area (Å²) in [6.45, 7) is 1.49. The first-order chi connectivity index (χ1) is 11.8. The molecule has 0 fully saturated rings. The Morgan fingerprint density at radius 1 is 1.08 bits per heavy atom. The lowest BCUT2D eigenvalue weighted by Gasteiger charge is -2.24. The van der Waals surface area contributed by atoms with E-state index in [1.54, 1.807) is 24.3 Å². The van der Waals surface area contributed by atoms with Crippen LogP contribution in [0.2, 0.25) is 5.02 Å². The van der Waals surface area contributed by atoms with Gasteiger partial charge in [0.25, 0.3) is 0 Å². The number of Topliss-reactive ketones (excluding diaryl/α,β-unsaturated/α-hetero) is 1. The average Bonchev–Trinajstić information content (AvgIpc) is 2.59. The molecule has 1 unspecified atom stereocenters.